The Morgan fingerprint density at radius 1 is 1.13 bits per heavy atom. The van der Waals surface area contributed by atoms with Crippen molar-refractivity contribution in [3.8, 4) is 0 Å². The van der Waals surface area contributed by atoms with Crippen LogP contribution < -0.4 is 10.6 Å². The van der Waals surface area contributed by atoms with Crippen LogP contribution in [0.4, 0.5) is 9.18 Å². The molecule has 1 aliphatic rings. The molecule has 0 saturated carbocycles. The Labute approximate surface area is 178 Å². The Bertz CT molecular complexity index is 771. The molecule has 0 aliphatic carbocycles. The van der Waals surface area contributed by atoms with Gasteiger partial charge in [-0.1, -0.05) is 32.4 Å². The number of benzene rings is 1. The number of carbonyl (C=O) groups is 3. The first-order chi connectivity index (χ1) is 14.1. The molecule has 1 aromatic carbocycles. The fourth-order valence-corrected chi connectivity index (χ4v) is 3.53. The molecule has 4 amide bonds. The van der Waals surface area contributed by atoms with Gasteiger partial charge in [0.05, 0.1) is 5.56 Å². The number of halogens is 1. The normalized spacial score (nSPS) is 18.7. The third-order valence-electron chi connectivity index (χ3n) is 5.50. The highest BCUT2D eigenvalue weighted by Crippen LogP contribution is 2.17. The molecular formula is C22H33FN4O3. The maximum Gasteiger partial charge on any atom is 0.317 e. The fraction of sp³-hybridized carbons (Fsp3) is 0.591. The largest absolute Gasteiger partial charge is 0.340 e. The Morgan fingerprint density at radius 3 is 2.37 bits per heavy atom. The molecule has 1 saturated heterocycles. The molecule has 0 radical (unpaired) electrons. The Morgan fingerprint density at radius 2 is 1.80 bits per heavy atom. The topological polar surface area (TPSA) is 81.8 Å². The summed E-state index contributed by atoms with van der Waals surface area (Å²) < 4.78 is 14.0. The number of rotatable bonds is 6. The van der Waals surface area contributed by atoms with E-state index in [4.69, 9.17) is 0 Å². The highest BCUT2D eigenvalue weighted by molar-refractivity contribution is 5.97. The van der Waals surface area contributed by atoms with Gasteiger partial charge in [0.2, 0.25) is 5.91 Å². The molecule has 2 N–H and O–H groups in total. The van der Waals surface area contributed by atoms with E-state index in [1.54, 1.807) is 15.9 Å². The van der Waals surface area contributed by atoms with Crippen LogP contribution in [-0.4, -0.2) is 65.4 Å². The second kappa shape index (κ2) is 10.4. The molecule has 1 heterocycles. The lowest BCUT2D eigenvalue weighted by Gasteiger charge is -2.41. The van der Waals surface area contributed by atoms with Crippen molar-refractivity contribution in [2.24, 2.45) is 5.92 Å². The average Bonchev–Trinajstić information content (AvgIpc) is 2.70. The molecule has 2 rings (SSSR count). The van der Waals surface area contributed by atoms with Crippen LogP contribution in [0, 0.1) is 11.7 Å². The minimum Gasteiger partial charge on any atom is -0.340 e. The summed E-state index contributed by atoms with van der Waals surface area (Å²) in [5.41, 5.74) is -0.0813. The van der Waals surface area contributed by atoms with Crippen molar-refractivity contribution < 1.29 is 18.8 Å². The van der Waals surface area contributed by atoms with Crippen LogP contribution in [0.2, 0.25) is 0 Å². The van der Waals surface area contributed by atoms with Gasteiger partial charge in [-0.3, -0.25) is 9.59 Å². The first kappa shape index (κ1) is 23.6. The summed E-state index contributed by atoms with van der Waals surface area (Å²) in [6, 6.07) is 4.70. The Hall–Kier alpha value is -2.64. The van der Waals surface area contributed by atoms with Crippen molar-refractivity contribution in [3.05, 3.63) is 35.6 Å². The van der Waals surface area contributed by atoms with Gasteiger partial charge in [-0.05, 0) is 38.8 Å². The molecule has 3 unspecified atom stereocenters. The van der Waals surface area contributed by atoms with Crippen LogP contribution in [-0.2, 0) is 4.79 Å². The van der Waals surface area contributed by atoms with Crippen molar-refractivity contribution in [2.75, 3.05) is 19.6 Å². The summed E-state index contributed by atoms with van der Waals surface area (Å²) in [7, 11) is 0. The Balaban J connectivity index is 2.10. The number of piperazine rings is 1. The molecule has 0 bridgehead atoms. The lowest BCUT2D eigenvalue weighted by atomic mass is 9.96. The number of carbonyl (C=O) groups excluding carboxylic acids is 3. The molecule has 0 aromatic heterocycles. The first-order valence-corrected chi connectivity index (χ1v) is 10.6. The number of hydrogen-bond donors (Lipinski definition) is 2. The van der Waals surface area contributed by atoms with E-state index in [9.17, 15) is 18.8 Å². The lowest BCUT2D eigenvalue weighted by molar-refractivity contribution is -0.136. The van der Waals surface area contributed by atoms with E-state index < -0.39 is 17.8 Å². The monoisotopic (exact) mass is 420 g/mol. The highest BCUT2D eigenvalue weighted by Gasteiger charge is 2.35. The predicted octanol–water partition coefficient (Wildman–Crippen LogP) is 2.62. The summed E-state index contributed by atoms with van der Waals surface area (Å²) in [5, 5.41) is 5.61. The molecular weight excluding hydrogens is 387 g/mol. The van der Waals surface area contributed by atoms with Crippen LogP contribution in [0.25, 0.3) is 0 Å². The molecule has 3 atom stereocenters. The zero-order chi connectivity index (χ0) is 22.4. The average molecular weight is 421 g/mol. The van der Waals surface area contributed by atoms with Crippen LogP contribution in [0.1, 0.15) is 51.4 Å². The highest BCUT2D eigenvalue weighted by atomic mass is 19.1. The van der Waals surface area contributed by atoms with Gasteiger partial charge < -0.3 is 20.4 Å². The van der Waals surface area contributed by atoms with Gasteiger partial charge >= 0.3 is 6.03 Å². The maximum atomic E-state index is 14.0. The van der Waals surface area contributed by atoms with Crippen molar-refractivity contribution in [3.63, 3.8) is 0 Å². The summed E-state index contributed by atoms with van der Waals surface area (Å²) in [6.07, 6.45) is 0.681. The summed E-state index contributed by atoms with van der Waals surface area (Å²) in [6.45, 7) is 10.7. The van der Waals surface area contributed by atoms with E-state index in [1.165, 1.54) is 18.2 Å². The second-order valence-electron chi connectivity index (χ2n) is 8.25. The van der Waals surface area contributed by atoms with Crippen LogP contribution >= 0.6 is 0 Å². The van der Waals surface area contributed by atoms with Crippen LogP contribution in [0.5, 0.6) is 0 Å². The van der Waals surface area contributed by atoms with Gasteiger partial charge in [-0.15, -0.1) is 0 Å². The molecule has 0 spiro atoms. The predicted molar refractivity (Wildman–Crippen MR) is 114 cm³/mol. The molecule has 1 aliphatic heterocycles. The van der Waals surface area contributed by atoms with E-state index in [0.29, 0.717) is 26.1 Å². The standard InChI is InChI=1S/C22H33FN4O3/c1-6-15(4)19(25-20(28)17-9-7-8-10-18(17)23)21(29)26-11-12-27(16(5)13-26)22(30)24-14(2)3/h7-10,14-16,19H,6,11-13H2,1-5H3,(H,24,30)(H,25,28). The van der Waals surface area contributed by atoms with E-state index in [2.05, 4.69) is 10.6 Å². The first-order valence-electron chi connectivity index (χ1n) is 10.6. The second-order valence-corrected chi connectivity index (χ2v) is 8.25. The maximum absolute atomic E-state index is 14.0. The Kier molecular flexibility index (Phi) is 8.20. The number of urea groups is 1. The quantitative estimate of drug-likeness (QED) is 0.742. The summed E-state index contributed by atoms with van der Waals surface area (Å²) in [5.74, 6) is -1.55. The summed E-state index contributed by atoms with van der Waals surface area (Å²) >= 11 is 0. The van der Waals surface area contributed by atoms with E-state index in [0.717, 1.165) is 0 Å². The zero-order valence-corrected chi connectivity index (χ0v) is 18.4. The zero-order valence-electron chi connectivity index (χ0n) is 18.4. The molecule has 166 valence electrons. The van der Waals surface area contributed by atoms with Crippen molar-refractivity contribution in [1.29, 1.82) is 0 Å². The summed E-state index contributed by atoms with van der Waals surface area (Å²) in [4.78, 5) is 41.6. The van der Waals surface area contributed by atoms with Gasteiger partial charge in [0, 0.05) is 31.7 Å². The minimum absolute atomic E-state index is 0.0349. The third-order valence-corrected chi connectivity index (χ3v) is 5.50. The minimum atomic E-state index is -0.759. The van der Waals surface area contributed by atoms with Crippen LogP contribution in [0.15, 0.2) is 24.3 Å². The van der Waals surface area contributed by atoms with Crippen LogP contribution in [0.3, 0.4) is 0 Å². The number of hydrogen-bond acceptors (Lipinski definition) is 3. The van der Waals surface area contributed by atoms with Gasteiger partial charge in [-0.2, -0.15) is 0 Å². The molecule has 7 nitrogen and oxygen atoms in total. The van der Waals surface area contributed by atoms with Crippen molar-refractivity contribution in [2.45, 2.75) is 59.2 Å². The fourth-order valence-electron chi connectivity index (χ4n) is 3.53. The third kappa shape index (κ3) is 5.70. The smallest absolute Gasteiger partial charge is 0.317 e. The number of amides is 4. The van der Waals surface area contributed by atoms with Gasteiger partial charge in [0.25, 0.3) is 5.91 Å². The van der Waals surface area contributed by atoms with E-state index in [-0.39, 0.29) is 35.5 Å². The molecule has 1 fully saturated rings. The van der Waals surface area contributed by atoms with Gasteiger partial charge in [0.1, 0.15) is 11.9 Å². The SMILES string of the molecule is CCC(C)C(NC(=O)c1ccccc1F)C(=O)N1CCN(C(=O)NC(C)C)C(C)C1. The van der Waals surface area contributed by atoms with E-state index in [1.807, 2.05) is 34.6 Å². The van der Waals surface area contributed by atoms with Crippen molar-refractivity contribution in [1.82, 2.24) is 20.4 Å². The van der Waals surface area contributed by atoms with Crippen molar-refractivity contribution >= 4 is 17.8 Å². The molecule has 1 aromatic rings. The lowest BCUT2D eigenvalue weighted by Crippen LogP contribution is -2.61. The number of nitrogens with zero attached hydrogens (tertiary/aromatic N) is 2. The number of nitrogens with one attached hydrogen (secondary N) is 2. The van der Waals surface area contributed by atoms with Gasteiger partial charge in [-0.25, -0.2) is 9.18 Å². The van der Waals surface area contributed by atoms with E-state index >= 15 is 0 Å². The molecule has 30 heavy (non-hydrogen) atoms. The van der Waals surface area contributed by atoms with Gasteiger partial charge in [0.15, 0.2) is 0 Å². The molecule has 8 heteroatoms.